The van der Waals surface area contributed by atoms with E-state index in [9.17, 15) is 4.79 Å². The molecule has 0 aliphatic carbocycles. The Morgan fingerprint density at radius 3 is 2.69 bits per heavy atom. The number of nitrogens with zero attached hydrogens (tertiary/aromatic N) is 1. The number of nitrogens with one attached hydrogen (secondary N) is 5. The number of aromatic nitrogens is 1. The van der Waals surface area contributed by atoms with Crippen LogP contribution in [0.5, 0.6) is 5.75 Å². The quantitative estimate of drug-likeness (QED) is 0.239. The van der Waals surface area contributed by atoms with Crippen LogP contribution in [0.25, 0.3) is 10.9 Å². The summed E-state index contributed by atoms with van der Waals surface area (Å²) >= 11 is 0. The summed E-state index contributed by atoms with van der Waals surface area (Å²) in [7, 11) is 1.63. The lowest BCUT2D eigenvalue weighted by Gasteiger charge is -2.30. The highest BCUT2D eigenvalue weighted by Gasteiger charge is 2.27. The number of hydrogen-bond acceptors (Lipinski definition) is 5. The molecule has 8 heteroatoms. The van der Waals surface area contributed by atoms with E-state index in [1.54, 1.807) is 12.0 Å². The number of amidine groups is 2. The molecular formula is C27H34N6O2. The van der Waals surface area contributed by atoms with E-state index in [0.717, 1.165) is 47.2 Å². The Morgan fingerprint density at radius 1 is 1.20 bits per heavy atom. The van der Waals surface area contributed by atoms with Crippen LogP contribution < -0.4 is 15.4 Å². The number of rotatable bonds is 9. The molecule has 2 heterocycles. The average Bonchev–Trinajstić information content (AvgIpc) is 3.56. The molecule has 0 saturated carbocycles. The van der Waals surface area contributed by atoms with E-state index in [2.05, 4.69) is 21.7 Å². The molecule has 2 aromatic carbocycles. The van der Waals surface area contributed by atoms with Gasteiger partial charge in [0.15, 0.2) is 0 Å². The highest BCUT2D eigenvalue weighted by Crippen LogP contribution is 2.20. The lowest BCUT2D eigenvalue weighted by Crippen LogP contribution is -2.52. The average molecular weight is 475 g/mol. The third-order valence-electron chi connectivity index (χ3n) is 6.57. The van der Waals surface area contributed by atoms with Crippen molar-refractivity contribution >= 4 is 28.5 Å². The third kappa shape index (κ3) is 5.89. The monoisotopic (exact) mass is 474 g/mol. The molecule has 2 atom stereocenters. The van der Waals surface area contributed by atoms with Crippen molar-refractivity contribution in [3.05, 3.63) is 65.9 Å². The number of aromatic amines is 1. The smallest absolute Gasteiger partial charge is 0.237 e. The fraction of sp³-hybridized carbons (Fsp3) is 0.370. The molecule has 8 nitrogen and oxygen atoms in total. The fourth-order valence-electron chi connectivity index (χ4n) is 4.49. The summed E-state index contributed by atoms with van der Waals surface area (Å²) in [5, 5.41) is 25.1. The zero-order valence-corrected chi connectivity index (χ0v) is 20.4. The number of carbonyl (C=O) groups is 1. The van der Waals surface area contributed by atoms with Crippen molar-refractivity contribution in [2.24, 2.45) is 0 Å². The second kappa shape index (κ2) is 11.2. The summed E-state index contributed by atoms with van der Waals surface area (Å²) in [4.78, 5) is 17.6. The van der Waals surface area contributed by atoms with E-state index >= 15 is 0 Å². The van der Waals surface area contributed by atoms with Crippen molar-refractivity contribution in [1.29, 1.82) is 10.8 Å². The first-order valence-corrected chi connectivity index (χ1v) is 12.1. The molecule has 1 aliphatic heterocycles. The van der Waals surface area contributed by atoms with Crippen LogP contribution in [0.2, 0.25) is 0 Å². The van der Waals surface area contributed by atoms with Crippen LogP contribution in [0.15, 0.2) is 54.7 Å². The van der Waals surface area contributed by atoms with Gasteiger partial charge in [-0.1, -0.05) is 30.3 Å². The number of benzene rings is 2. The lowest BCUT2D eigenvalue weighted by molar-refractivity contribution is -0.123. The molecule has 4 rings (SSSR count). The first-order chi connectivity index (χ1) is 17.0. The summed E-state index contributed by atoms with van der Waals surface area (Å²) in [5.74, 6) is 1.22. The molecule has 0 spiro atoms. The maximum atomic E-state index is 12.6. The van der Waals surface area contributed by atoms with Gasteiger partial charge in [-0.3, -0.25) is 15.6 Å². The van der Waals surface area contributed by atoms with Crippen LogP contribution in [0.3, 0.4) is 0 Å². The molecule has 5 N–H and O–H groups in total. The maximum Gasteiger partial charge on any atom is 0.237 e. The van der Waals surface area contributed by atoms with Gasteiger partial charge in [0.25, 0.3) is 0 Å². The lowest BCUT2D eigenvalue weighted by atomic mass is 10.1. The molecule has 1 aromatic heterocycles. The molecule has 184 valence electrons. The number of carbonyl (C=O) groups excluding carboxylic acids is 1. The Bertz CT molecular complexity index is 1180. The van der Waals surface area contributed by atoms with Gasteiger partial charge in [0.05, 0.1) is 25.7 Å². The molecule has 1 unspecified atom stereocenters. The second-order valence-electron chi connectivity index (χ2n) is 9.00. The minimum absolute atomic E-state index is 0.0885. The van der Waals surface area contributed by atoms with Crippen molar-refractivity contribution in [3.63, 3.8) is 0 Å². The summed E-state index contributed by atoms with van der Waals surface area (Å²) in [6, 6.07) is 15.1. The number of methoxy groups -OCH3 is 1. The zero-order valence-electron chi connectivity index (χ0n) is 20.4. The number of para-hydroxylation sites is 1. The minimum atomic E-state index is -0.517. The normalized spacial score (nSPS) is 16.1. The first kappa shape index (κ1) is 24.5. The molecule has 35 heavy (non-hydrogen) atoms. The largest absolute Gasteiger partial charge is 0.497 e. The molecule has 0 radical (unpaired) electrons. The maximum absolute atomic E-state index is 12.6. The van der Waals surface area contributed by atoms with Gasteiger partial charge in [-0.25, -0.2) is 0 Å². The van der Waals surface area contributed by atoms with E-state index < -0.39 is 6.04 Å². The Morgan fingerprint density at radius 2 is 1.97 bits per heavy atom. The van der Waals surface area contributed by atoms with Crippen LogP contribution in [-0.4, -0.2) is 53.2 Å². The third-order valence-corrected chi connectivity index (χ3v) is 6.57. The molecule has 0 bridgehead atoms. The predicted octanol–water partition coefficient (Wildman–Crippen LogP) is 3.82. The van der Waals surface area contributed by atoms with Crippen LogP contribution in [0.1, 0.15) is 37.3 Å². The molecule has 1 aliphatic rings. The summed E-state index contributed by atoms with van der Waals surface area (Å²) < 4.78 is 5.26. The van der Waals surface area contributed by atoms with Gasteiger partial charge in [-0.15, -0.1) is 0 Å². The van der Waals surface area contributed by atoms with Gasteiger partial charge in [0.2, 0.25) is 5.91 Å². The molecular weight excluding hydrogens is 440 g/mol. The fourth-order valence-corrected chi connectivity index (χ4v) is 4.49. The number of fused-ring (bicyclic) bond motifs is 1. The number of ether oxygens (including phenoxy) is 1. The molecule has 1 fully saturated rings. The standard InChI is InChI=1S/C27H34N6O2/c1-18(32-27(34)24-8-5-15-30-24)26(29)33(17-19-9-12-21(35-2)13-10-19)25(28)14-11-20-16-31-23-7-4-3-6-22(20)23/h3-4,6-7,9-10,12-13,16,18,24,28-31H,5,8,11,14-15,17H2,1-2H3,(H,32,34)/t18-,24?/m1/s1. The number of amides is 1. The van der Waals surface area contributed by atoms with Gasteiger partial charge in [-0.05, 0) is 62.1 Å². The molecule has 3 aromatic rings. The SMILES string of the molecule is COc1ccc(CN(C(=N)CCc2c[nH]c3ccccc23)C(=N)[C@@H](C)NC(=O)C2CCCN2)cc1. The van der Waals surface area contributed by atoms with Gasteiger partial charge in [0.1, 0.15) is 17.4 Å². The number of hydrogen-bond donors (Lipinski definition) is 5. The Kier molecular flexibility index (Phi) is 7.82. The summed E-state index contributed by atoms with van der Waals surface area (Å²) in [5.41, 5.74) is 3.19. The molecule has 1 saturated heterocycles. The van der Waals surface area contributed by atoms with Gasteiger partial charge >= 0.3 is 0 Å². The Balaban J connectivity index is 1.48. The van der Waals surface area contributed by atoms with Crippen molar-refractivity contribution in [2.45, 2.75) is 51.2 Å². The van der Waals surface area contributed by atoms with Crippen LogP contribution in [0.4, 0.5) is 0 Å². The van der Waals surface area contributed by atoms with E-state index in [1.807, 2.05) is 55.6 Å². The predicted molar refractivity (Wildman–Crippen MR) is 139 cm³/mol. The van der Waals surface area contributed by atoms with Crippen molar-refractivity contribution in [3.8, 4) is 5.75 Å². The summed E-state index contributed by atoms with van der Waals surface area (Å²) in [6.45, 7) is 3.02. The second-order valence-corrected chi connectivity index (χ2v) is 9.00. The highest BCUT2D eigenvalue weighted by atomic mass is 16.5. The molecule has 1 amide bonds. The van der Waals surface area contributed by atoms with Crippen molar-refractivity contribution < 1.29 is 9.53 Å². The van der Waals surface area contributed by atoms with E-state index in [-0.39, 0.29) is 17.8 Å². The van der Waals surface area contributed by atoms with E-state index in [4.69, 9.17) is 15.6 Å². The van der Waals surface area contributed by atoms with Crippen molar-refractivity contribution in [2.75, 3.05) is 13.7 Å². The summed E-state index contributed by atoms with van der Waals surface area (Å²) in [6.07, 6.45) is 4.94. The van der Waals surface area contributed by atoms with E-state index in [0.29, 0.717) is 25.2 Å². The first-order valence-electron chi connectivity index (χ1n) is 12.1. The zero-order chi connectivity index (χ0) is 24.8. The van der Waals surface area contributed by atoms with Crippen LogP contribution in [0, 0.1) is 10.8 Å². The highest BCUT2D eigenvalue weighted by molar-refractivity contribution is 6.02. The van der Waals surface area contributed by atoms with Gasteiger partial charge < -0.3 is 25.3 Å². The van der Waals surface area contributed by atoms with Crippen LogP contribution in [-0.2, 0) is 17.8 Å². The van der Waals surface area contributed by atoms with Crippen LogP contribution >= 0.6 is 0 Å². The topological polar surface area (TPSA) is 117 Å². The van der Waals surface area contributed by atoms with Gasteiger partial charge in [-0.2, -0.15) is 0 Å². The Hall–Kier alpha value is -3.65. The van der Waals surface area contributed by atoms with E-state index in [1.165, 1.54) is 0 Å². The van der Waals surface area contributed by atoms with Crippen molar-refractivity contribution in [1.82, 2.24) is 20.5 Å². The minimum Gasteiger partial charge on any atom is -0.497 e. The van der Waals surface area contributed by atoms with Gasteiger partial charge in [0, 0.05) is 23.5 Å². The number of H-pyrrole nitrogens is 1. The Labute approximate surface area is 206 Å². The number of aryl methyl sites for hydroxylation is 1.